The number of hydrogen-bond acceptors (Lipinski definition) is 2. The third-order valence-electron chi connectivity index (χ3n) is 6.60. The Morgan fingerprint density at radius 3 is 1.89 bits per heavy atom. The highest BCUT2D eigenvalue weighted by atomic mass is 79.9. The second kappa shape index (κ2) is 13.0. The minimum Gasteiger partial charge on any atom is -0.493 e. The summed E-state index contributed by atoms with van der Waals surface area (Å²) < 4.78 is 14.0. The van der Waals surface area contributed by atoms with Gasteiger partial charge in [-0.25, -0.2) is 0 Å². The lowest BCUT2D eigenvalue weighted by atomic mass is 9.92. The second-order valence-electron chi connectivity index (χ2n) is 9.26. The highest BCUT2D eigenvalue weighted by Gasteiger charge is 2.21. The van der Waals surface area contributed by atoms with Crippen molar-refractivity contribution in [3.05, 3.63) is 71.2 Å². The number of hydrogen-bond donors (Lipinski definition) is 0. The molecule has 0 N–H and O–H groups in total. The molecule has 0 aliphatic carbocycles. The minimum atomic E-state index is 0.710. The van der Waals surface area contributed by atoms with E-state index in [-0.39, 0.29) is 0 Å². The van der Waals surface area contributed by atoms with Crippen molar-refractivity contribution in [2.45, 2.75) is 65.2 Å². The predicted molar refractivity (Wildman–Crippen MR) is 154 cm³/mol. The minimum absolute atomic E-state index is 0.710. The molecule has 0 aliphatic heterocycles. The molecule has 4 aromatic rings. The summed E-state index contributed by atoms with van der Waals surface area (Å²) >= 11 is 3.85. The highest BCUT2D eigenvalue weighted by molar-refractivity contribution is 9.10. The lowest BCUT2D eigenvalue weighted by Gasteiger charge is -2.21. The van der Waals surface area contributed by atoms with Gasteiger partial charge < -0.3 is 9.47 Å². The molecule has 0 heterocycles. The lowest BCUT2D eigenvalue weighted by molar-refractivity contribution is 0.301. The summed E-state index contributed by atoms with van der Waals surface area (Å²) in [5, 5.41) is 4.78. The van der Waals surface area contributed by atoms with Crippen molar-refractivity contribution in [2.75, 3.05) is 13.2 Å². The molecule has 35 heavy (non-hydrogen) atoms. The molecule has 0 unspecified atom stereocenters. The largest absolute Gasteiger partial charge is 0.493 e. The smallest absolute Gasteiger partial charge is 0.142 e. The first-order valence-electron chi connectivity index (χ1n) is 13.2. The van der Waals surface area contributed by atoms with Gasteiger partial charge in [0.1, 0.15) is 11.5 Å². The second-order valence-corrected chi connectivity index (χ2v) is 10.1. The number of halogens is 1. The van der Waals surface area contributed by atoms with Gasteiger partial charge in [-0.15, -0.1) is 0 Å². The molecule has 184 valence electrons. The summed E-state index contributed by atoms with van der Waals surface area (Å²) in [4.78, 5) is 0. The number of unbranched alkanes of at least 4 members (excludes halogenated alkanes) is 6. The average molecular weight is 534 g/mol. The van der Waals surface area contributed by atoms with Crippen LogP contribution in [0.3, 0.4) is 0 Å². The fourth-order valence-electron chi connectivity index (χ4n) is 4.73. The van der Waals surface area contributed by atoms with Crippen molar-refractivity contribution < 1.29 is 9.47 Å². The molecule has 0 aliphatic rings. The van der Waals surface area contributed by atoms with E-state index in [1.807, 2.05) is 0 Å². The van der Waals surface area contributed by atoms with E-state index >= 15 is 0 Å². The maximum atomic E-state index is 6.54. The van der Waals surface area contributed by atoms with Crippen molar-refractivity contribution in [3.8, 4) is 22.6 Å². The molecule has 2 nitrogen and oxygen atoms in total. The molecule has 0 spiro atoms. The molecule has 0 fully saturated rings. The summed E-state index contributed by atoms with van der Waals surface area (Å²) in [5.41, 5.74) is 2.24. The predicted octanol–water partition coefficient (Wildman–Crippen LogP) is 10.3. The van der Waals surface area contributed by atoms with Crippen LogP contribution >= 0.6 is 15.9 Å². The van der Waals surface area contributed by atoms with Crippen LogP contribution in [0.5, 0.6) is 11.5 Å². The van der Waals surface area contributed by atoms with Crippen molar-refractivity contribution in [1.29, 1.82) is 0 Å². The van der Waals surface area contributed by atoms with Crippen LogP contribution in [0, 0.1) is 0 Å². The third-order valence-corrected chi connectivity index (χ3v) is 7.19. The first kappa shape index (κ1) is 25.6. The summed E-state index contributed by atoms with van der Waals surface area (Å²) in [6.45, 7) is 5.92. The van der Waals surface area contributed by atoms with Gasteiger partial charge >= 0.3 is 0 Å². The Balaban J connectivity index is 1.84. The van der Waals surface area contributed by atoms with Crippen LogP contribution in [0.2, 0.25) is 0 Å². The van der Waals surface area contributed by atoms with Gasteiger partial charge in [-0.05, 0) is 62.4 Å². The van der Waals surface area contributed by atoms with Gasteiger partial charge in [0.2, 0.25) is 0 Å². The molecular weight excluding hydrogens is 496 g/mol. The van der Waals surface area contributed by atoms with Crippen molar-refractivity contribution >= 4 is 37.5 Å². The molecule has 0 saturated carbocycles. The van der Waals surface area contributed by atoms with Gasteiger partial charge in [-0.2, -0.15) is 0 Å². The topological polar surface area (TPSA) is 18.5 Å². The van der Waals surface area contributed by atoms with E-state index in [2.05, 4.69) is 96.5 Å². The van der Waals surface area contributed by atoms with E-state index in [1.165, 1.54) is 60.1 Å². The van der Waals surface area contributed by atoms with Crippen LogP contribution in [0.25, 0.3) is 32.7 Å². The summed E-state index contributed by atoms with van der Waals surface area (Å²) in [6.07, 6.45) is 9.46. The number of ether oxygens (including phenoxy) is 2. The van der Waals surface area contributed by atoms with Crippen molar-refractivity contribution in [3.63, 3.8) is 0 Å². The molecule has 3 heteroatoms. The van der Waals surface area contributed by atoms with Gasteiger partial charge in [0.05, 0.1) is 17.7 Å². The molecule has 0 amide bonds. The fraction of sp³-hybridized carbons (Fsp3) is 0.375. The number of rotatable bonds is 13. The van der Waals surface area contributed by atoms with E-state index < -0.39 is 0 Å². The maximum Gasteiger partial charge on any atom is 0.142 e. The summed E-state index contributed by atoms with van der Waals surface area (Å²) in [6, 6.07) is 23.7. The standard InChI is InChI=1S/C32H37BrO2/c1-3-5-7-13-21-34-29-20-19-24-15-9-11-17-26(24)30(29)31-27-18-12-10-16-25(27)23-28(33)32(31)35-22-14-8-6-4-2/h9-12,15-20,23H,3-8,13-14,21-22H2,1-2H3. The molecule has 0 radical (unpaired) electrons. The molecule has 4 aromatic carbocycles. The van der Waals surface area contributed by atoms with Crippen molar-refractivity contribution in [1.82, 2.24) is 0 Å². The average Bonchev–Trinajstić information content (AvgIpc) is 2.88. The third kappa shape index (κ3) is 6.19. The van der Waals surface area contributed by atoms with Gasteiger partial charge in [0, 0.05) is 11.1 Å². The normalized spacial score (nSPS) is 11.3. The number of fused-ring (bicyclic) bond motifs is 2. The van der Waals surface area contributed by atoms with E-state index in [1.54, 1.807) is 0 Å². The Morgan fingerprint density at radius 2 is 1.20 bits per heavy atom. The van der Waals surface area contributed by atoms with E-state index in [0.717, 1.165) is 46.5 Å². The van der Waals surface area contributed by atoms with E-state index in [9.17, 15) is 0 Å². The lowest BCUT2D eigenvalue weighted by Crippen LogP contribution is -2.03. The molecule has 0 aromatic heterocycles. The Kier molecular flexibility index (Phi) is 9.48. The van der Waals surface area contributed by atoms with Crippen LogP contribution < -0.4 is 9.47 Å². The SMILES string of the molecule is CCCCCCOc1ccc2ccccc2c1-c1c(OCCCCCC)c(Br)cc2ccccc12. The van der Waals surface area contributed by atoms with Gasteiger partial charge in [0.15, 0.2) is 0 Å². The molecule has 4 rings (SSSR count). The molecular formula is C32H37BrO2. The first-order chi connectivity index (χ1) is 17.2. The van der Waals surface area contributed by atoms with Crippen LogP contribution in [-0.4, -0.2) is 13.2 Å². The van der Waals surface area contributed by atoms with Crippen molar-refractivity contribution in [2.24, 2.45) is 0 Å². The summed E-state index contributed by atoms with van der Waals surface area (Å²) in [5.74, 6) is 1.84. The van der Waals surface area contributed by atoms with E-state index in [0.29, 0.717) is 6.61 Å². The Hall–Kier alpha value is -2.52. The molecule has 0 bridgehead atoms. The zero-order valence-electron chi connectivity index (χ0n) is 21.1. The molecule has 0 atom stereocenters. The first-order valence-corrected chi connectivity index (χ1v) is 14.0. The highest BCUT2D eigenvalue weighted by Crippen LogP contribution is 2.48. The fourth-order valence-corrected chi connectivity index (χ4v) is 5.29. The van der Waals surface area contributed by atoms with Gasteiger partial charge in [-0.1, -0.05) is 107 Å². The van der Waals surface area contributed by atoms with Crippen LogP contribution in [-0.2, 0) is 0 Å². The monoisotopic (exact) mass is 532 g/mol. The summed E-state index contributed by atoms with van der Waals surface area (Å²) in [7, 11) is 0. The Bertz CT molecular complexity index is 1250. The Labute approximate surface area is 218 Å². The zero-order chi connectivity index (χ0) is 24.5. The molecule has 0 saturated heterocycles. The Morgan fingerprint density at radius 1 is 0.600 bits per heavy atom. The number of benzene rings is 4. The quantitative estimate of drug-likeness (QED) is 0.159. The zero-order valence-corrected chi connectivity index (χ0v) is 22.7. The maximum absolute atomic E-state index is 6.54. The van der Waals surface area contributed by atoms with Gasteiger partial charge in [0.25, 0.3) is 0 Å². The van der Waals surface area contributed by atoms with E-state index in [4.69, 9.17) is 9.47 Å². The van der Waals surface area contributed by atoms with Crippen LogP contribution in [0.4, 0.5) is 0 Å². The van der Waals surface area contributed by atoms with Gasteiger partial charge in [-0.3, -0.25) is 0 Å². The van der Waals surface area contributed by atoms with Crippen LogP contribution in [0.1, 0.15) is 65.2 Å². The van der Waals surface area contributed by atoms with Crippen LogP contribution in [0.15, 0.2) is 71.2 Å².